The maximum absolute atomic E-state index is 9.10. The lowest BCUT2D eigenvalue weighted by Crippen LogP contribution is -1.80. The van der Waals surface area contributed by atoms with E-state index in [1.54, 1.807) is 11.6 Å². The summed E-state index contributed by atoms with van der Waals surface area (Å²) in [7, 11) is 0. The molecule has 0 bridgehead atoms. The maximum atomic E-state index is 9.10. The van der Waals surface area contributed by atoms with Gasteiger partial charge in [-0.2, -0.15) is 12.6 Å². The molecule has 2 nitrogen and oxygen atoms in total. The van der Waals surface area contributed by atoms with E-state index in [2.05, 4.69) is 17.6 Å². The molecule has 0 aliphatic carbocycles. The Balaban J connectivity index is 0.000000581. The average Bonchev–Trinajstić information content (AvgIpc) is 2.81. The molecule has 94 valence electrons. The van der Waals surface area contributed by atoms with E-state index < -0.39 is 0 Å². The Kier molecular flexibility index (Phi) is 8.54. The monoisotopic (exact) mass is 269 g/mol. The van der Waals surface area contributed by atoms with Crippen LogP contribution in [0.1, 0.15) is 19.4 Å². The molecule has 0 radical (unpaired) electrons. The summed E-state index contributed by atoms with van der Waals surface area (Å²) in [5.74, 6) is 0.100. The molecule has 0 saturated carbocycles. The molecule has 17 heavy (non-hydrogen) atoms. The second kappa shape index (κ2) is 9.07. The summed E-state index contributed by atoms with van der Waals surface area (Å²) in [6, 6.07) is 8.01. The summed E-state index contributed by atoms with van der Waals surface area (Å²) in [5.41, 5.74) is 2.27. The van der Waals surface area contributed by atoms with Crippen molar-refractivity contribution in [1.82, 2.24) is 4.98 Å². The predicted molar refractivity (Wildman–Crippen MR) is 80.2 cm³/mol. The number of benzene rings is 1. The van der Waals surface area contributed by atoms with Gasteiger partial charge in [-0.25, -0.2) is 4.98 Å². The molecule has 0 atom stereocenters. The zero-order valence-corrected chi connectivity index (χ0v) is 12.3. The van der Waals surface area contributed by atoms with E-state index >= 15 is 0 Å². The highest BCUT2D eigenvalue weighted by Crippen LogP contribution is 2.28. The van der Waals surface area contributed by atoms with Crippen LogP contribution in [0.15, 0.2) is 29.6 Å². The highest BCUT2D eigenvalue weighted by atomic mass is 32.1. The van der Waals surface area contributed by atoms with Crippen LogP contribution >= 0.6 is 24.0 Å². The molecule has 0 fully saturated rings. The van der Waals surface area contributed by atoms with Crippen molar-refractivity contribution >= 4 is 24.0 Å². The van der Waals surface area contributed by atoms with Crippen LogP contribution in [0.3, 0.4) is 0 Å². The summed E-state index contributed by atoms with van der Waals surface area (Å²) in [4.78, 5) is 4.02. The van der Waals surface area contributed by atoms with Crippen LogP contribution in [0, 0.1) is 6.92 Å². The first-order valence-corrected chi connectivity index (χ1v) is 7.20. The van der Waals surface area contributed by atoms with Crippen LogP contribution in [0.5, 0.6) is 5.88 Å². The Morgan fingerprint density at radius 2 is 1.76 bits per heavy atom. The summed E-state index contributed by atoms with van der Waals surface area (Å²) in [5, 5.41) is 11.6. The smallest absolute Gasteiger partial charge is 0.222 e. The van der Waals surface area contributed by atoms with Crippen molar-refractivity contribution in [3.05, 3.63) is 35.2 Å². The van der Waals surface area contributed by atoms with Crippen LogP contribution in [0.25, 0.3) is 10.6 Å². The van der Waals surface area contributed by atoms with Gasteiger partial charge in [0.1, 0.15) is 5.01 Å². The van der Waals surface area contributed by atoms with Gasteiger partial charge in [-0.1, -0.05) is 38.1 Å². The second-order valence-corrected chi connectivity index (χ2v) is 3.68. The van der Waals surface area contributed by atoms with Gasteiger partial charge in [0.05, 0.1) is 5.38 Å². The number of nitrogens with zero attached hydrogens (tertiary/aromatic N) is 1. The first kappa shape index (κ1) is 16.0. The average molecular weight is 269 g/mol. The number of hydrogen-bond acceptors (Lipinski definition) is 4. The molecular weight excluding hydrogens is 250 g/mol. The third-order valence-corrected chi connectivity index (χ3v) is 2.73. The van der Waals surface area contributed by atoms with Crippen molar-refractivity contribution in [2.45, 2.75) is 20.8 Å². The molecule has 0 unspecified atom stereocenters. The van der Waals surface area contributed by atoms with E-state index in [-0.39, 0.29) is 5.88 Å². The van der Waals surface area contributed by atoms with Crippen molar-refractivity contribution in [2.24, 2.45) is 0 Å². The lowest BCUT2D eigenvalue weighted by atomic mass is 10.1. The largest absolute Gasteiger partial charge is 0.493 e. The van der Waals surface area contributed by atoms with E-state index in [9.17, 15) is 0 Å². The number of hydrogen-bond donors (Lipinski definition) is 2. The summed E-state index contributed by atoms with van der Waals surface area (Å²) in [6.45, 7) is 6.04. The molecule has 1 aromatic carbocycles. The van der Waals surface area contributed by atoms with Gasteiger partial charge in [0, 0.05) is 5.56 Å². The lowest BCUT2D eigenvalue weighted by Gasteiger charge is -1.99. The van der Waals surface area contributed by atoms with Gasteiger partial charge < -0.3 is 5.11 Å². The molecule has 1 N–H and O–H groups in total. The molecule has 0 saturated heterocycles. The number of thiol groups is 1. The normalized spacial score (nSPS) is 8.53. The van der Waals surface area contributed by atoms with Gasteiger partial charge in [-0.15, -0.1) is 11.3 Å². The summed E-state index contributed by atoms with van der Waals surface area (Å²) >= 11 is 4.98. The molecule has 0 amide bonds. The third-order valence-electron chi connectivity index (χ3n) is 1.87. The van der Waals surface area contributed by atoms with E-state index in [0.717, 1.165) is 10.6 Å². The standard InChI is InChI=1S/C10H9NOS.C2H6.CH4S/c1-7-4-2-3-5-8(7)10-11-9(12)6-13-10;2*1-2/h2-6,12H,1H3;1-2H3;2H,1H3. The third kappa shape index (κ3) is 4.79. The molecule has 4 heteroatoms. The minimum Gasteiger partial charge on any atom is -0.493 e. The molecule has 1 heterocycles. The van der Waals surface area contributed by atoms with Gasteiger partial charge in [0.15, 0.2) is 0 Å². The maximum Gasteiger partial charge on any atom is 0.222 e. The Labute approximate surface area is 113 Å². The van der Waals surface area contributed by atoms with E-state index in [0.29, 0.717) is 0 Å². The molecule has 2 aromatic rings. The quantitative estimate of drug-likeness (QED) is 0.752. The number of thiazole rings is 1. The van der Waals surface area contributed by atoms with Crippen LogP contribution in [0.4, 0.5) is 0 Å². The summed E-state index contributed by atoms with van der Waals surface area (Å²) in [6.07, 6.45) is 1.69. The highest BCUT2D eigenvalue weighted by Gasteiger charge is 2.04. The number of aryl methyl sites for hydroxylation is 1. The van der Waals surface area contributed by atoms with Crippen LogP contribution < -0.4 is 0 Å². The van der Waals surface area contributed by atoms with Crippen molar-refractivity contribution in [2.75, 3.05) is 6.26 Å². The lowest BCUT2D eigenvalue weighted by molar-refractivity contribution is 0.458. The van der Waals surface area contributed by atoms with E-state index in [1.165, 1.54) is 16.9 Å². The number of rotatable bonds is 1. The SMILES string of the molecule is CC.CS.Cc1ccccc1-c1nc(O)cs1. The topological polar surface area (TPSA) is 33.1 Å². The molecule has 0 aliphatic heterocycles. The second-order valence-electron chi connectivity index (χ2n) is 2.83. The van der Waals surface area contributed by atoms with E-state index in [4.69, 9.17) is 5.11 Å². The number of aromatic nitrogens is 1. The van der Waals surface area contributed by atoms with Gasteiger partial charge in [0.2, 0.25) is 5.88 Å². The van der Waals surface area contributed by atoms with Crippen molar-refractivity contribution in [3.8, 4) is 16.5 Å². The fourth-order valence-electron chi connectivity index (χ4n) is 1.20. The van der Waals surface area contributed by atoms with Gasteiger partial charge >= 0.3 is 0 Å². The Bertz CT molecular complexity index is 427. The predicted octanol–water partition coefficient (Wildman–Crippen LogP) is 4.40. The van der Waals surface area contributed by atoms with Gasteiger partial charge in [-0.05, 0) is 18.7 Å². The van der Waals surface area contributed by atoms with Crippen LogP contribution in [-0.2, 0) is 0 Å². The first-order chi connectivity index (χ1) is 8.27. The zero-order valence-electron chi connectivity index (χ0n) is 10.6. The van der Waals surface area contributed by atoms with Crippen LogP contribution in [-0.4, -0.2) is 16.3 Å². The van der Waals surface area contributed by atoms with Crippen LogP contribution in [0.2, 0.25) is 0 Å². The Hall–Kier alpha value is -1.00. The molecule has 0 aliphatic rings. The molecule has 0 spiro atoms. The molecular formula is C13H19NOS2. The summed E-state index contributed by atoms with van der Waals surface area (Å²) < 4.78 is 0. The van der Waals surface area contributed by atoms with Crippen molar-refractivity contribution in [3.63, 3.8) is 0 Å². The number of aromatic hydroxyl groups is 1. The Morgan fingerprint density at radius 3 is 2.24 bits per heavy atom. The fourth-order valence-corrected chi connectivity index (χ4v) is 1.97. The first-order valence-electron chi connectivity index (χ1n) is 5.42. The fraction of sp³-hybridized carbons (Fsp3) is 0.308. The van der Waals surface area contributed by atoms with E-state index in [1.807, 2.05) is 45.0 Å². The minimum absolute atomic E-state index is 0.100. The molecule has 2 rings (SSSR count). The zero-order chi connectivity index (χ0) is 13.3. The Morgan fingerprint density at radius 1 is 1.18 bits per heavy atom. The van der Waals surface area contributed by atoms with Crippen molar-refractivity contribution < 1.29 is 5.11 Å². The minimum atomic E-state index is 0.100. The van der Waals surface area contributed by atoms with Crippen molar-refractivity contribution in [1.29, 1.82) is 0 Å². The highest BCUT2D eigenvalue weighted by molar-refractivity contribution is 7.79. The van der Waals surface area contributed by atoms with Gasteiger partial charge in [-0.3, -0.25) is 0 Å². The van der Waals surface area contributed by atoms with Gasteiger partial charge in [0.25, 0.3) is 0 Å². The molecule has 1 aromatic heterocycles.